The molecule has 1 aliphatic heterocycles. The Kier molecular flexibility index (Phi) is 3.60. The summed E-state index contributed by atoms with van der Waals surface area (Å²) < 4.78 is 0. The highest BCUT2D eigenvalue weighted by molar-refractivity contribution is 4.84. The minimum absolute atomic E-state index is 0.661. The summed E-state index contributed by atoms with van der Waals surface area (Å²) in [6, 6.07) is 0.661. The van der Waals surface area contributed by atoms with Gasteiger partial charge in [-0.05, 0) is 13.8 Å². The number of nitrogens with one attached hydrogen (secondary N) is 1. The van der Waals surface area contributed by atoms with E-state index in [0.29, 0.717) is 6.04 Å². The van der Waals surface area contributed by atoms with Gasteiger partial charge in [0.1, 0.15) is 0 Å². The molecule has 1 N–H and O–H groups in total. The Morgan fingerprint density at radius 3 is 3.09 bits per heavy atom. The molecule has 0 aromatic carbocycles. The minimum atomic E-state index is 0.661. The van der Waals surface area contributed by atoms with Gasteiger partial charge in [-0.25, -0.2) is 0 Å². The molecule has 0 spiro atoms. The molecular weight excluding hydrogens is 136 g/mol. The van der Waals surface area contributed by atoms with Crippen LogP contribution in [0.2, 0.25) is 0 Å². The van der Waals surface area contributed by atoms with Crippen molar-refractivity contribution in [3.63, 3.8) is 0 Å². The fourth-order valence-electron chi connectivity index (χ4n) is 1.43. The zero-order chi connectivity index (χ0) is 8.10. The third kappa shape index (κ3) is 3.04. The molecule has 1 unspecified atom stereocenters. The smallest absolute Gasteiger partial charge is 0.0167 e. The van der Waals surface area contributed by atoms with Crippen molar-refractivity contribution in [1.82, 2.24) is 10.2 Å². The van der Waals surface area contributed by atoms with Gasteiger partial charge in [0.05, 0.1) is 0 Å². The fourth-order valence-corrected chi connectivity index (χ4v) is 1.43. The summed E-state index contributed by atoms with van der Waals surface area (Å²) in [6.45, 7) is 8.94. The molecule has 1 rings (SSSR count). The van der Waals surface area contributed by atoms with Crippen LogP contribution in [0.1, 0.15) is 13.8 Å². The quantitative estimate of drug-likeness (QED) is 0.593. The van der Waals surface area contributed by atoms with Crippen LogP contribution in [-0.2, 0) is 0 Å². The maximum atomic E-state index is 3.42. The van der Waals surface area contributed by atoms with Crippen molar-refractivity contribution in [2.45, 2.75) is 19.9 Å². The van der Waals surface area contributed by atoms with Crippen molar-refractivity contribution >= 4 is 0 Å². The lowest BCUT2D eigenvalue weighted by Crippen LogP contribution is -2.49. The molecule has 0 bridgehead atoms. The van der Waals surface area contributed by atoms with Crippen LogP contribution in [-0.4, -0.2) is 37.1 Å². The Balaban J connectivity index is 2.22. The van der Waals surface area contributed by atoms with E-state index in [1.165, 1.54) is 13.1 Å². The van der Waals surface area contributed by atoms with Gasteiger partial charge in [-0.2, -0.15) is 0 Å². The Labute approximate surface area is 69.3 Å². The third-order valence-corrected chi connectivity index (χ3v) is 2.05. The summed E-state index contributed by atoms with van der Waals surface area (Å²) in [5.74, 6) is 0. The van der Waals surface area contributed by atoms with E-state index in [-0.39, 0.29) is 0 Å². The monoisotopic (exact) mass is 154 g/mol. The summed E-state index contributed by atoms with van der Waals surface area (Å²) in [5, 5.41) is 3.42. The molecule has 1 saturated heterocycles. The maximum absolute atomic E-state index is 3.42. The Bertz CT molecular complexity index is 132. The first-order chi connectivity index (χ1) is 5.33. The first-order valence-corrected chi connectivity index (χ1v) is 4.40. The average Bonchev–Trinajstić information content (AvgIpc) is 2.01. The molecule has 0 saturated carbocycles. The Morgan fingerprint density at radius 2 is 2.45 bits per heavy atom. The molecule has 1 fully saturated rings. The normalized spacial score (nSPS) is 28.0. The van der Waals surface area contributed by atoms with Gasteiger partial charge in [-0.1, -0.05) is 12.2 Å². The average molecular weight is 154 g/mol. The highest BCUT2D eigenvalue weighted by Crippen LogP contribution is 1.97. The van der Waals surface area contributed by atoms with E-state index >= 15 is 0 Å². The summed E-state index contributed by atoms with van der Waals surface area (Å²) in [4.78, 5) is 2.47. The Hall–Kier alpha value is -0.340. The van der Waals surface area contributed by atoms with Gasteiger partial charge in [-0.3, -0.25) is 4.90 Å². The van der Waals surface area contributed by atoms with E-state index in [4.69, 9.17) is 0 Å². The van der Waals surface area contributed by atoms with Gasteiger partial charge >= 0.3 is 0 Å². The van der Waals surface area contributed by atoms with Crippen LogP contribution in [0.15, 0.2) is 12.2 Å². The van der Waals surface area contributed by atoms with Crippen LogP contribution in [0.5, 0.6) is 0 Å². The lowest BCUT2D eigenvalue weighted by atomic mass is 10.2. The summed E-state index contributed by atoms with van der Waals surface area (Å²) in [7, 11) is 0. The molecule has 0 aliphatic carbocycles. The third-order valence-electron chi connectivity index (χ3n) is 2.05. The molecule has 11 heavy (non-hydrogen) atoms. The van der Waals surface area contributed by atoms with Crippen LogP contribution in [0.25, 0.3) is 0 Å². The van der Waals surface area contributed by atoms with Gasteiger partial charge in [0, 0.05) is 32.2 Å². The first kappa shape index (κ1) is 8.75. The van der Waals surface area contributed by atoms with E-state index in [9.17, 15) is 0 Å². The second-order valence-corrected chi connectivity index (χ2v) is 3.18. The zero-order valence-electron chi connectivity index (χ0n) is 7.51. The van der Waals surface area contributed by atoms with Gasteiger partial charge in [0.25, 0.3) is 0 Å². The predicted molar refractivity (Wildman–Crippen MR) is 48.7 cm³/mol. The van der Waals surface area contributed by atoms with Crippen molar-refractivity contribution in [1.29, 1.82) is 0 Å². The molecule has 1 heterocycles. The topological polar surface area (TPSA) is 15.3 Å². The van der Waals surface area contributed by atoms with E-state index in [1.807, 2.05) is 0 Å². The zero-order valence-corrected chi connectivity index (χ0v) is 7.51. The van der Waals surface area contributed by atoms with Crippen molar-refractivity contribution in [2.75, 3.05) is 26.2 Å². The SMILES string of the molecule is CC=CCN1CCNC(C)C1. The van der Waals surface area contributed by atoms with Crippen LogP contribution in [0.4, 0.5) is 0 Å². The highest BCUT2D eigenvalue weighted by atomic mass is 15.2. The summed E-state index contributed by atoms with van der Waals surface area (Å²) in [6.07, 6.45) is 4.34. The largest absolute Gasteiger partial charge is 0.312 e. The van der Waals surface area contributed by atoms with E-state index in [2.05, 4.69) is 36.2 Å². The predicted octanol–water partition coefficient (Wildman–Crippen LogP) is 0.856. The maximum Gasteiger partial charge on any atom is 0.0167 e. The Morgan fingerprint density at radius 1 is 1.64 bits per heavy atom. The molecule has 0 aromatic rings. The second-order valence-electron chi connectivity index (χ2n) is 3.18. The lowest BCUT2D eigenvalue weighted by Gasteiger charge is -2.30. The summed E-state index contributed by atoms with van der Waals surface area (Å²) >= 11 is 0. The van der Waals surface area contributed by atoms with Crippen LogP contribution in [0, 0.1) is 0 Å². The summed E-state index contributed by atoms with van der Waals surface area (Å²) in [5.41, 5.74) is 0. The molecular formula is C9H18N2. The number of allylic oxidation sites excluding steroid dienone is 1. The molecule has 0 aromatic heterocycles. The van der Waals surface area contributed by atoms with Crippen LogP contribution in [0.3, 0.4) is 0 Å². The number of piperazine rings is 1. The van der Waals surface area contributed by atoms with Crippen molar-refractivity contribution in [3.05, 3.63) is 12.2 Å². The lowest BCUT2D eigenvalue weighted by molar-refractivity contribution is 0.226. The van der Waals surface area contributed by atoms with Crippen LogP contribution >= 0.6 is 0 Å². The first-order valence-electron chi connectivity index (χ1n) is 4.40. The van der Waals surface area contributed by atoms with Crippen molar-refractivity contribution in [3.8, 4) is 0 Å². The van der Waals surface area contributed by atoms with Crippen molar-refractivity contribution < 1.29 is 0 Å². The number of rotatable bonds is 2. The number of hydrogen-bond donors (Lipinski definition) is 1. The molecule has 2 heteroatoms. The number of hydrogen-bond acceptors (Lipinski definition) is 2. The van der Waals surface area contributed by atoms with E-state index in [0.717, 1.165) is 13.1 Å². The molecule has 1 atom stereocenters. The second kappa shape index (κ2) is 4.52. The molecule has 64 valence electrons. The van der Waals surface area contributed by atoms with Gasteiger partial charge in [0.15, 0.2) is 0 Å². The molecule has 0 radical (unpaired) electrons. The van der Waals surface area contributed by atoms with Crippen molar-refractivity contribution in [2.24, 2.45) is 0 Å². The fraction of sp³-hybridized carbons (Fsp3) is 0.778. The molecule has 2 nitrogen and oxygen atoms in total. The van der Waals surface area contributed by atoms with Gasteiger partial charge in [-0.15, -0.1) is 0 Å². The van der Waals surface area contributed by atoms with E-state index < -0.39 is 0 Å². The van der Waals surface area contributed by atoms with E-state index in [1.54, 1.807) is 0 Å². The highest BCUT2D eigenvalue weighted by Gasteiger charge is 2.13. The van der Waals surface area contributed by atoms with Gasteiger partial charge in [0.2, 0.25) is 0 Å². The number of nitrogens with zero attached hydrogens (tertiary/aromatic N) is 1. The minimum Gasteiger partial charge on any atom is -0.312 e. The van der Waals surface area contributed by atoms with Crippen LogP contribution < -0.4 is 5.32 Å². The molecule has 1 aliphatic rings. The standard InChI is InChI=1S/C9H18N2/c1-3-4-6-11-7-5-10-9(2)8-11/h3-4,9-10H,5-8H2,1-2H3. The molecule has 0 amide bonds. The van der Waals surface area contributed by atoms with Gasteiger partial charge < -0.3 is 5.32 Å².